The van der Waals surface area contributed by atoms with Crippen molar-refractivity contribution in [3.05, 3.63) is 30.1 Å². The highest BCUT2D eigenvalue weighted by Crippen LogP contribution is 2.18. The Bertz CT molecular complexity index is 461. The third kappa shape index (κ3) is 4.70. The van der Waals surface area contributed by atoms with Crippen LogP contribution in [0, 0.1) is 11.7 Å². The van der Waals surface area contributed by atoms with Crippen LogP contribution in [0.1, 0.15) is 26.2 Å². The Kier molecular flexibility index (Phi) is 5.99. The Hall–Kier alpha value is -1.62. The molecule has 5 heteroatoms. The Morgan fingerprint density at radius 3 is 2.81 bits per heavy atom. The minimum absolute atomic E-state index is 0.0760. The number of carbonyl (C=O) groups excluding carboxylic acids is 1. The number of rotatable bonds is 6. The molecule has 2 N–H and O–H groups in total. The second-order valence-electron chi connectivity index (χ2n) is 5.35. The molecule has 1 atom stereocenters. The lowest BCUT2D eigenvalue weighted by atomic mass is 9.97. The van der Waals surface area contributed by atoms with E-state index in [0.717, 1.165) is 25.9 Å². The van der Waals surface area contributed by atoms with Crippen LogP contribution in [0.5, 0.6) is 5.75 Å². The Balaban J connectivity index is 1.82. The van der Waals surface area contributed by atoms with Crippen molar-refractivity contribution in [1.82, 2.24) is 10.6 Å². The molecule has 1 saturated heterocycles. The van der Waals surface area contributed by atoms with Crippen molar-refractivity contribution in [3.8, 4) is 5.75 Å². The first-order valence-electron chi connectivity index (χ1n) is 7.60. The van der Waals surface area contributed by atoms with Gasteiger partial charge in [0.15, 0.2) is 11.6 Å². The standard InChI is InChI=1S/C16H23FN2O2/c1-2-13(21-15-6-4-3-5-14(15)17)11-19-16(20)12-7-9-18-10-8-12/h3-6,12-13,18H,2,7-11H2,1H3,(H,19,20). The van der Waals surface area contributed by atoms with Gasteiger partial charge in [-0.15, -0.1) is 0 Å². The Morgan fingerprint density at radius 2 is 2.14 bits per heavy atom. The molecule has 116 valence electrons. The smallest absolute Gasteiger partial charge is 0.223 e. The number of carbonyl (C=O) groups is 1. The highest BCUT2D eigenvalue weighted by atomic mass is 19.1. The molecule has 0 aliphatic carbocycles. The fourth-order valence-electron chi connectivity index (χ4n) is 2.43. The van der Waals surface area contributed by atoms with Gasteiger partial charge in [0.25, 0.3) is 0 Å². The van der Waals surface area contributed by atoms with Crippen molar-refractivity contribution in [2.75, 3.05) is 19.6 Å². The van der Waals surface area contributed by atoms with Crippen molar-refractivity contribution in [2.45, 2.75) is 32.3 Å². The molecule has 0 aromatic heterocycles. The summed E-state index contributed by atoms with van der Waals surface area (Å²) in [6.07, 6.45) is 2.24. The average Bonchev–Trinajstić information content (AvgIpc) is 2.53. The van der Waals surface area contributed by atoms with E-state index in [-0.39, 0.29) is 29.5 Å². The molecule has 4 nitrogen and oxygen atoms in total. The molecule has 0 bridgehead atoms. The van der Waals surface area contributed by atoms with Crippen molar-refractivity contribution >= 4 is 5.91 Å². The van der Waals surface area contributed by atoms with Gasteiger partial charge < -0.3 is 15.4 Å². The number of piperidine rings is 1. The molecule has 0 radical (unpaired) electrons. The van der Waals surface area contributed by atoms with E-state index in [1.807, 2.05) is 6.92 Å². The topological polar surface area (TPSA) is 50.4 Å². The quantitative estimate of drug-likeness (QED) is 0.845. The van der Waals surface area contributed by atoms with Crippen LogP contribution in [0.15, 0.2) is 24.3 Å². The predicted octanol–water partition coefficient (Wildman–Crippen LogP) is 2.10. The lowest BCUT2D eigenvalue weighted by molar-refractivity contribution is -0.126. The number of hydrogen-bond acceptors (Lipinski definition) is 3. The van der Waals surface area contributed by atoms with Gasteiger partial charge in [0.05, 0.1) is 6.54 Å². The largest absolute Gasteiger partial charge is 0.486 e. The summed E-state index contributed by atoms with van der Waals surface area (Å²) in [6.45, 7) is 4.15. The van der Waals surface area contributed by atoms with Gasteiger partial charge in [-0.05, 0) is 44.5 Å². The Morgan fingerprint density at radius 1 is 1.43 bits per heavy atom. The molecule has 1 aromatic rings. The molecule has 21 heavy (non-hydrogen) atoms. The molecule has 1 aliphatic heterocycles. The average molecular weight is 294 g/mol. The normalized spacial score (nSPS) is 17.2. The van der Waals surface area contributed by atoms with Gasteiger partial charge in [-0.25, -0.2) is 4.39 Å². The first-order chi connectivity index (χ1) is 10.2. The zero-order valence-electron chi connectivity index (χ0n) is 12.4. The number of benzene rings is 1. The molecule has 2 rings (SSSR count). The summed E-state index contributed by atoms with van der Waals surface area (Å²) in [7, 11) is 0. The van der Waals surface area contributed by atoms with Gasteiger partial charge in [-0.3, -0.25) is 4.79 Å². The molecule has 1 amide bonds. The lowest BCUT2D eigenvalue weighted by Crippen LogP contribution is -2.42. The maximum absolute atomic E-state index is 13.6. The van der Waals surface area contributed by atoms with Crippen LogP contribution in [0.3, 0.4) is 0 Å². The fraction of sp³-hybridized carbons (Fsp3) is 0.562. The van der Waals surface area contributed by atoms with Crippen molar-refractivity contribution < 1.29 is 13.9 Å². The molecule has 1 aromatic carbocycles. The van der Waals surface area contributed by atoms with Gasteiger partial charge in [0.2, 0.25) is 5.91 Å². The van der Waals surface area contributed by atoms with E-state index in [0.29, 0.717) is 13.0 Å². The minimum Gasteiger partial charge on any atom is -0.486 e. The highest BCUT2D eigenvalue weighted by Gasteiger charge is 2.21. The molecule has 0 spiro atoms. The van der Waals surface area contributed by atoms with Gasteiger partial charge in [0.1, 0.15) is 6.10 Å². The Labute approximate surface area is 125 Å². The number of nitrogens with one attached hydrogen (secondary N) is 2. The maximum atomic E-state index is 13.6. The fourth-order valence-corrected chi connectivity index (χ4v) is 2.43. The number of amides is 1. The number of halogens is 1. The predicted molar refractivity (Wildman–Crippen MR) is 79.7 cm³/mol. The maximum Gasteiger partial charge on any atom is 0.223 e. The van der Waals surface area contributed by atoms with E-state index >= 15 is 0 Å². The summed E-state index contributed by atoms with van der Waals surface area (Å²) in [5.41, 5.74) is 0. The second-order valence-corrected chi connectivity index (χ2v) is 5.35. The minimum atomic E-state index is -0.374. The summed E-state index contributed by atoms with van der Waals surface area (Å²) < 4.78 is 19.2. The van der Waals surface area contributed by atoms with E-state index in [4.69, 9.17) is 4.74 Å². The molecule has 1 heterocycles. The van der Waals surface area contributed by atoms with Gasteiger partial charge in [0, 0.05) is 5.92 Å². The van der Waals surface area contributed by atoms with Gasteiger partial charge in [-0.2, -0.15) is 0 Å². The van der Waals surface area contributed by atoms with Gasteiger partial charge >= 0.3 is 0 Å². The van der Waals surface area contributed by atoms with Crippen molar-refractivity contribution in [2.24, 2.45) is 5.92 Å². The van der Waals surface area contributed by atoms with E-state index < -0.39 is 0 Å². The number of para-hydroxylation sites is 1. The third-order valence-electron chi connectivity index (χ3n) is 3.80. The zero-order chi connectivity index (χ0) is 15.1. The van der Waals surface area contributed by atoms with Crippen LogP contribution in [-0.2, 0) is 4.79 Å². The van der Waals surface area contributed by atoms with E-state index in [1.54, 1.807) is 18.2 Å². The van der Waals surface area contributed by atoms with E-state index in [1.165, 1.54) is 6.07 Å². The molecule has 1 aliphatic rings. The first-order valence-corrected chi connectivity index (χ1v) is 7.60. The monoisotopic (exact) mass is 294 g/mol. The SMILES string of the molecule is CCC(CNC(=O)C1CCNCC1)Oc1ccccc1F. The van der Waals surface area contributed by atoms with Gasteiger partial charge in [-0.1, -0.05) is 19.1 Å². The van der Waals surface area contributed by atoms with Crippen LogP contribution in [-0.4, -0.2) is 31.6 Å². The molecular weight excluding hydrogens is 271 g/mol. The van der Waals surface area contributed by atoms with Crippen LogP contribution in [0.25, 0.3) is 0 Å². The molecule has 1 fully saturated rings. The first kappa shape index (κ1) is 15.8. The summed E-state index contributed by atoms with van der Waals surface area (Å²) in [6, 6.07) is 6.34. The summed E-state index contributed by atoms with van der Waals surface area (Å²) in [5, 5.41) is 6.17. The van der Waals surface area contributed by atoms with Crippen LogP contribution < -0.4 is 15.4 Å². The number of ether oxygens (including phenoxy) is 1. The summed E-state index contributed by atoms with van der Waals surface area (Å²) in [4.78, 5) is 12.1. The highest BCUT2D eigenvalue weighted by molar-refractivity contribution is 5.78. The van der Waals surface area contributed by atoms with Crippen LogP contribution >= 0.6 is 0 Å². The lowest BCUT2D eigenvalue weighted by Gasteiger charge is -2.24. The zero-order valence-corrected chi connectivity index (χ0v) is 12.4. The van der Waals surface area contributed by atoms with Crippen LogP contribution in [0.2, 0.25) is 0 Å². The molecule has 1 unspecified atom stereocenters. The summed E-state index contributed by atoms with van der Waals surface area (Å²) >= 11 is 0. The molecule has 0 saturated carbocycles. The van der Waals surface area contributed by atoms with Crippen molar-refractivity contribution in [3.63, 3.8) is 0 Å². The number of hydrogen-bond donors (Lipinski definition) is 2. The molecular formula is C16H23FN2O2. The third-order valence-corrected chi connectivity index (χ3v) is 3.80. The van der Waals surface area contributed by atoms with E-state index in [9.17, 15) is 9.18 Å². The van der Waals surface area contributed by atoms with Crippen LogP contribution in [0.4, 0.5) is 4.39 Å². The van der Waals surface area contributed by atoms with E-state index in [2.05, 4.69) is 10.6 Å². The second kappa shape index (κ2) is 7.98. The van der Waals surface area contributed by atoms with Crippen molar-refractivity contribution in [1.29, 1.82) is 0 Å². The summed E-state index contributed by atoms with van der Waals surface area (Å²) in [5.74, 6) is 0.0189.